The number of nitrogens with zero attached hydrogens (tertiary/aromatic N) is 3. The number of rotatable bonds is 2. The first kappa shape index (κ1) is 9.95. The molecule has 72 valence electrons. The summed E-state index contributed by atoms with van der Waals surface area (Å²) in [4.78, 5) is 7.82. The lowest BCUT2D eigenvalue weighted by atomic mass is 10.5. The van der Waals surface area contributed by atoms with E-state index in [-0.39, 0.29) is 12.6 Å². The van der Waals surface area contributed by atoms with E-state index in [0.29, 0.717) is 5.82 Å². The Morgan fingerprint density at radius 2 is 2.50 bits per heavy atom. The molecule has 0 aliphatic heterocycles. The van der Waals surface area contributed by atoms with Crippen LogP contribution in [0.2, 0.25) is 0 Å². The maximum atomic E-state index is 8.40. The highest BCUT2D eigenvalue weighted by Crippen LogP contribution is 1.98. The molecule has 0 aliphatic carbocycles. The lowest BCUT2D eigenvalue weighted by Gasteiger charge is -2.05. The molecule has 0 saturated heterocycles. The molecule has 0 fully saturated rings. The largest absolute Gasteiger partial charge is 0.312 e. The van der Waals surface area contributed by atoms with Crippen LogP contribution in [0.25, 0.3) is 0 Å². The topological polar surface area (TPSA) is 99.1 Å². The Morgan fingerprint density at radius 3 is 3.07 bits per heavy atom. The fourth-order valence-electron chi connectivity index (χ4n) is 0.813. The van der Waals surface area contributed by atoms with Gasteiger partial charge in [-0.25, -0.2) is 9.98 Å². The molecule has 0 unspecified atom stereocenters. The minimum Gasteiger partial charge on any atom is -0.312 e. The van der Waals surface area contributed by atoms with Crippen LogP contribution in [0.5, 0.6) is 0 Å². The highest BCUT2D eigenvalue weighted by Gasteiger charge is 1.97. The summed E-state index contributed by atoms with van der Waals surface area (Å²) >= 11 is 0. The molecule has 6 heteroatoms. The van der Waals surface area contributed by atoms with Gasteiger partial charge in [0, 0.05) is 6.20 Å². The van der Waals surface area contributed by atoms with Crippen molar-refractivity contribution in [2.75, 3.05) is 12.0 Å². The van der Waals surface area contributed by atoms with Crippen LogP contribution in [0, 0.1) is 11.5 Å². The van der Waals surface area contributed by atoms with E-state index in [0.717, 1.165) is 0 Å². The number of hydrogen-bond acceptors (Lipinski definition) is 4. The molecule has 1 aromatic rings. The monoisotopic (exact) mass is 190 g/mol. The number of nitrogens with two attached hydrogens (primary N) is 1. The van der Waals surface area contributed by atoms with Crippen LogP contribution < -0.4 is 16.4 Å². The molecule has 0 atom stereocenters. The number of pyridine rings is 1. The van der Waals surface area contributed by atoms with E-state index in [1.165, 1.54) is 0 Å². The average molecular weight is 190 g/mol. The average Bonchev–Trinajstić information content (AvgIpc) is 2.20. The fraction of sp³-hybridized carbons (Fsp3) is 0.125. The van der Waals surface area contributed by atoms with Crippen LogP contribution in [0.3, 0.4) is 0 Å². The van der Waals surface area contributed by atoms with Gasteiger partial charge in [-0.15, -0.1) is 0 Å². The molecular weight excluding hydrogens is 180 g/mol. The Labute approximate surface area is 81.5 Å². The van der Waals surface area contributed by atoms with Crippen LogP contribution in [-0.4, -0.2) is 17.6 Å². The predicted octanol–water partition coefficient (Wildman–Crippen LogP) is -0.164. The van der Waals surface area contributed by atoms with E-state index in [9.17, 15) is 0 Å². The second-order valence-corrected chi connectivity index (χ2v) is 2.27. The zero-order valence-electron chi connectivity index (χ0n) is 7.44. The molecule has 0 aromatic carbocycles. The smallest absolute Gasteiger partial charge is 0.211 e. The van der Waals surface area contributed by atoms with Gasteiger partial charge in [0.1, 0.15) is 5.82 Å². The number of aliphatic imine (C=N–C) groups is 1. The third-order valence-corrected chi connectivity index (χ3v) is 1.34. The highest BCUT2D eigenvalue weighted by atomic mass is 15.2. The molecule has 0 radical (unpaired) electrons. The number of aromatic nitrogens is 1. The predicted molar refractivity (Wildman–Crippen MR) is 53.1 cm³/mol. The van der Waals surface area contributed by atoms with Crippen molar-refractivity contribution in [1.82, 2.24) is 10.3 Å². The van der Waals surface area contributed by atoms with Gasteiger partial charge in [0.2, 0.25) is 5.96 Å². The van der Waals surface area contributed by atoms with E-state index in [1.54, 1.807) is 24.5 Å². The summed E-state index contributed by atoms with van der Waals surface area (Å²) in [7, 11) is 0. The van der Waals surface area contributed by atoms with Crippen LogP contribution in [0.4, 0.5) is 5.82 Å². The van der Waals surface area contributed by atoms with Crippen LogP contribution in [-0.2, 0) is 0 Å². The van der Waals surface area contributed by atoms with Gasteiger partial charge in [0.25, 0.3) is 0 Å². The molecule has 0 amide bonds. The maximum Gasteiger partial charge on any atom is 0.211 e. The molecule has 1 heterocycles. The zero-order chi connectivity index (χ0) is 10.2. The van der Waals surface area contributed by atoms with Crippen molar-refractivity contribution in [2.45, 2.75) is 0 Å². The molecule has 0 saturated carbocycles. The SMILES string of the molecule is N#CNC(=NCN)Nc1ccccn1. The molecule has 1 aromatic heterocycles. The molecular formula is C8H10N6. The van der Waals surface area contributed by atoms with Crippen molar-refractivity contribution in [2.24, 2.45) is 10.7 Å². The molecule has 0 aliphatic rings. The molecule has 14 heavy (non-hydrogen) atoms. The summed E-state index contributed by atoms with van der Waals surface area (Å²) in [5, 5.41) is 13.6. The van der Waals surface area contributed by atoms with Gasteiger partial charge in [-0.1, -0.05) is 6.07 Å². The number of anilines is 1. The minimum absolute atomic E-state index is 0.101. The first-order valence-electron chi connectivity index (χ1n) is 3.94. The summed E-state index contributed by atoms with van der Waals surface area (Å²) in [6.07, 6.45) is 3.38. The first-order valence-corrected chi connectivity index (χ1v) is 3.94. The minimum atomic E-state index is 0.101. The zero-order valence-corrected chi connectivity index (χ0v) is 7.44. The van der Waals surface area contributed by atoms with Gasteiger partial charge in [-0.3, -0.25) is 5.32 Å². The lowest BCUT2D eigenvalue weighted by Crippen LogP contribution is -2.28. The van der Waals surface area contributed by atoms with Gasteiger partial charge in [0.15, 0.2) is 6.19 Å². The van der Waals surface area contributed by atoms with E-state index in [2.05, 4.69) is 20.6 Å². The first-order chi connectivity index (χ1) is 6.86. The second-order valence-electron chi connectivity index (χ2n) is 2.27. The Morgan fingerprint density at radius 1 is 1.64 bits per heavy atom. The molecule has 1 rings (SSSR count). The molecule has 6 nitrogen and oxygen atoms in total. The Kier molecular flexibility index (Phi) is 3.91. The standard InChI is InChI=1S/C8H10N6/c9-5-12-8(13-6-10)14-7-3-1-2-4-11-7/h1-4H,5,9H2,(H2,11,12,13,14). The van der Waals surface area contributed by atoms with Gasteiger partial charge >= 0.3 is 0 Å². The van der Waals surface area contributed by atoms with Crippen molar-refractivity contribution in [3.05, 3.63) is 24.4 Å². The van der Waals surface area contributed by atoms with Crippen molar-refractivity contribution in [3.8, 4) is 6.19 Å². The van der Waals surface area contributed by atoms with Gasteiger partial charge in [-0.05, 0) is 12.1 Å². The van der Waals surface area contributed by atoms with E-state index >= 15 is 0 Å². The normalized spacial score (nSPS) is 10.4. The summed E-state index contributed by atoms with van der Waals surface area (Å²) in [5.41, 5.74) is 5.22. The number of hydrogen-bond donors (Lipinski definition) is 3. The van der Waals surface area contributed by atoms with Gasteiger partial charge in [-0.2, -0.15) is 5.26 Å². The summed E-state index contributed by atoms with van der Waals surface area (Å²) in [5.74, 6) is 0.885. The molecule has 4 N–H and O–H groups in total. The quantitative estimate of drug-likeness (QED) is 0.260. The van der Waals surface area contributed by atoms with Crippen LogP contribution in [0.15, 0.2) is 29.4 Å². The van der Waals surface area contributed by atoms with E-state index in [4.69, 9.17) is 11.0 Å². The molecule has 0 spiro atoms. The van der Waals surface area contributed by atoms with Crippen LogP contribution in [0.1, 0.15) is 0 Å². The van der Waals surface area contributed by atoms with Crippen molar-refractivity contribution in [1.29, 1.82) is 5.26 Å². The Hall–Kier alpha value is -2.13. The summed E-state index contributed by atoms with van der Waals surface area (Å²) in [6.45, 7) is 0.101. The van der Waals surface area contributed by atoms with E-state index in [1.807, 2.05) is 6.07 Å². The third kappa shape index (κ3) is 3.08. The maximum absolute atomic E-state index is 8.40. The highest BCUT2D eigenvalue weighted by molar-refractivity contribution is 5.93. The summed E-state index contributed by atoms with van der Waals surface area (Å²) < 4.78 is 0. The third-order valence-electron chi connectivity index (χ3n) is 1.34. The number of nitriles is 1. The van der Waals surface area contributed by atoms with Crippen molar-refractivity contribution < 1.29 is 0 Å². The molecule has 0 bridgehead atoms. The Balaban J connectivity index is 2.66. The second kappa shape index (κ2) is 5.50. The number of nitrogens with one attached hydrogen (secondary N) is 2. The van der Waals surface area contributed by atoms with Crippen LogP contribution >= 0.6 is 0 Å². The number of guanidine groups is 1. The van der Waals surface area contributed by atoms with Crippen molar-refractivity contribution in [3.63, 3.8) is 0 Å². The fourth-order valence-corrected chi connectivity index (χ4v) is 0.813. The lowest BCUT2D eigenvalue weighted by molar-refractivity contribution is 1.04. The van der Waals surface area contributed by atoms with Gasteiger partial charge in [0.05, 0.1) is 6.67 Å². The Bertz CT molecular complexity index is 339. The van der Waals surface area contributed by atoms with E-state index < -0.39 is 0 Å². The summed E-state index contributed by atoms with van der Waals surface area (Å²) in [6, 6.07) is 5.37. The van der Waals surface area contributed by atoms with Gasteiger partial charge < -0.3 is 11.1 Å². The van der Waals surface area contributed by atoms with Crippen molar-refractivity contribution >= 4 is 11.8 Å².